The van der Waals surface area contributed by atoms with Crippen molar-refractivity contribution < 1.29 is 4.79 Å². The first kappa shape index (κ1) is 15.5. The summed E-state index contributed by atoms with van der Waals surface area (Å²) in [4.78, 5) is 15.0. The smallest absolute Gasteiger partial charge is 0.224 e. The van der Waals surface area contributed by atoms with E-state index in [0.717, 1.165) is 24.2 Å². The van der Waals surface area contributed by atoms with Crippen LogP contribution < -0.4 is 5.32 Å². The molecule has 24 heavy (non-hydrogen) atoms. The van der Waals surface area contributed by atoms with E-state index in [0.29, 0.717) is 18.5 Å². The molecule has 3 heterocycles. The van der Waals surface area contributed by atoms with E-state index in [9.17, 15) is 4.79 Å². The molecule has 2 aromatic rings. The fraction of sp³-hybridized carbons (Fsp3) is 0.450. The average molecular weight is 323 g/mol. The second-order valence-electron chi connectivity index (χ2n) is 7.00. The van der Waals surface area contributed by atoms with Crippen LogP contribution in [0.4, 0.5) is 0 Å². The first-order valence-corrected chi connectivity index (χ1v) is 9.05. The Morgan fingerprint density at radius 1 is 1.04 bits per heavy atom. The van der Waals surface area contributed by atoms with Crippen LogP contribution in [-0.2, 0) is 11.2 Å². The predicted octanol–water partition coefficient (Wildman–Crippen LogP) is 2.76. The van der Waals surface area contributed by atoms with Gasteiger partial charge in [-0.25, -0.2) is 0 Å². The molecule has 0 aliphatic carbocycles. The van der Waals surface area contributed by atoms with Crippen molar-refractivity contribution in [1.82, 2.24) is 14.8 Å². The number of benzene rings is 1. The van der Waals surface area contributed by atoms with E-state index < -0.39 is 0 Å². The molecule has 0 saturated carbocycles. The Bertz CT molecular complexity index is 677. The molecule has 2 saturated heterocycles. The molecular formula is C20H25N3O. The molecule has 0 bridgehead atoms. The Morgan fingerprint density at radius 3 is 2.62 bits per heavy atom. The number of hydrogen-bond acceptors (Lipinski definition) is 2. The Hall–Kier alpha value is -2.07. The Balaban J connectivity index is 1.34. The van der Waals surface area contributed by atoms with Gasteiger partial charge in [0.2, 0.25) is 5.91 Å². The number of fused-ring (bicyclic) bond motifs is 1. The van der Waals surface area contributed by atoms with Crippen LogP contribution in [0.25, 0.3) is 5.69 Å². The van der Waals surface area contributed by atoms with Gasteiger partial charge in [0.15, 0.2) is 0 Å². The van der Waals surface area contributed by atoms with Crippen molar-refractivity contribution in [3.63, 3.8) is 0 Å². The van der Waals surface area contributed by atoms with Crippen molar-refractivity contribution >= 4 is 5.91 Å². The van der Waals surface area contributed by atoms with E-state index in [1.165, 1.54) is 25.8 Å². The minimum absolute atomic E-state index is 0.154. The number of nitrogens with zero attached hydrogens (tertiary/aromatic N) is 2. The molecule has 1 aromatic carbocycles. The highest BCUT2D eigenvalue weighted by Crippen LogP contribution is 2.27. The summed E-state index contributed by atoms with van der Waals surface area (Å²) in [6, 6.07) is 13.2. The molecule has 2 atom stereocenters. The van der Waals surface area contributed by atoms with E-state index in [1.54, 1.807) is 0 Å². The molecular weight excluding hydrogens is 298 g/mol. The molecule has 1 N–H and O–H groups in total. The molecule has 0 radical (unpaired) electrons. The molecule has 1 aromatic heterocycles. The van der Waals surface area contributed by atoms with Crippen LogP contribution in [0.1, 0.15) is 31.2 Å². The SMILES string of the molecule is O=C(Cc1ccc(-n2cccc2)cc1)N[C@@H]1CCN2CCCC[C@H]12. The molecule has 2 aliphatic rings. The molecule has 4 rings (SSSR count). The maximum Gasteiger partial charge on any atom is 0.224 e. The summed E-state index contributed by atoms with van der Waals surface area (Å²) in [6.45, 7) is 2.35. The Kier molecular flexibility index (Phi) is 4.39. The Labute approximate surface area is 143 Å². The zero-order valence-corrected chi connectivity index (χ0v) is 14.0. The third-order valence-corrected chi connectivity index (χ3v) is 5.41. The Morgan fingerprint density at radius 2 is 1.83 bits per heavy atom. The van der Waals surface area contributed by atoms with Gasteiger partial charge in [-0.15, -0.1) is 0 Å². The van der Waals surface area contributed by atoms with E-state index in [1.807, 2.05) is 24.5 Å². The van der Waals surface area contributed by atoms with Gasteiger partial charge in [-0.05, 0) is 55.6 Å². The summed E-state index contributed by atoms with van der Waals surface area (Å²) in [5.74, 6) is 0.154. The molecule has 2 fully saturated rings. The quantitative estimate of drug-likeness (QED) is 0.939. The molecule has 4 nitrogen and oxygen atoms in total. The molecule has 4 heteroatoms. The summed E-state index contributed by atoms with van der Waals surface area (Å²) >= 11 is 0. The number of carbonyl (C=O) groups excluding carboxylic acids is 1. The largest absolute Gasteiger partial charge is 0.351 e. The van der Waals surface area contributed by atoms with Gasteiger partial charge in [0, 0.05) is 36.7 Å². The van der Waals surface area contributed by atoms with Gasteiger partial charge in [0.1, 0.15) is 0 Å². The highest BCUT2D eigenvalue weighted by atomic mass is 16.1. The maximum absolute atomic E-state index is 12.4. The second-order valence-corrected chi connectivity index (χ2v) is 7.00. The van der Waals surface area contributed by atoms with Crippen LogP contribution >= 0.6 is 0 Å². The third-order valence-electron chi connectivity index (χ3n) is 5.41. The number of amides is 1. The van der Waals surface area contributed by atoms with Crippen LogP contribution in [0.15, 0.2) is 48.8 Å². The zero-order chi connectivity index (χ0) is 16.4. The first-order valence-electron chi connectivity index (χ1n) is 9.05. The van der Waals surface area contributed by atoms with Crippen LogP contribution in [0.3, 0.4) is 0 Å². The topological polar surface area (TPSA) is 37.3 Å². The van der Waals surface area contributed by atoms with E-state index in [4.69, 9.17) is 0 Å². The number of carbonyl (C=O) groups is 1. The summed E-state index contributed by atoms with van der Waals surface area (Å²) < 4.78 is 2.07. The van der Waals surface area contributed by atoms with Crippen LogP contribution in [0, 0.1) is 0 Å². The highest BCUT2D eigenvalue weighted by molar-refractivity contribution is 5.79. The lowest BCUT2D eigenvalue weighted by Gasteiger charge is -2.32. The van der Waals surface area contributed by atoms with Crippen molar-refractivity contribution in [2.24, 2.45) is 0 Å². The summed E-state index contributed by atoms with van der Waals surface area (Å²) in [7, 11) is 0. The van der Waals surface area contributed by atoms with Gasteiger partial charge in [-0.3, -0.25) is 9.69 Å². The number of rotatable bonds is 4. The molecule has 0 spiro atoms. The van der Waals surface area contributed by atoms with E-state index in [2.05, 4.69) is 39.0 Å². The van der Waals surface area contributed by atoms with E-state index in [-0.39, 0.29) is 5.91 Å². The van der Waals surface area contributed by atoms with Gasteiger partial charge >= 0.3 is 0 Å². The maximum atomic E-state index is 12.4. The number of aromatic nitrogens is 1. The fourth-order valence-electron chi connectivity index (χ4n) is 4.15. The zero-order valence-electron chi connectivity index (χ0n) is 14.0. The highest BCUT2D eigenvalue weighted by Gasteiger charge is 2.36. The minimum Gasteiger partial charge on any atom is -0.351 e. The molecule has 2 aliphatic heterocycles. The van der Waals surface area contributed by atoms with Crippen molar-refractivity contribution in [2.45, 2.75) is 44.2 Å². The number of hydrogen-bond donors (Lipinski definition) is 1. The van der Waals surface area contributed by atoms with Gasteiger partial charge in [0.25, 0.3) is 0 Å². The van der Waals surface area contributed by atoms with Crippen molar-refractivity contribution in [3.05, 3.63) is 54.4 Å². The third kappa shape index (κ3) is 3.24. The van der Waals surface area contributed by atoms with Crippen molar-refractivity contribution in [3.8, 4) is 5.69 Å². The van der Waals surface area contributed by atoms with E-state index >= 15 is 0 Å². The van der Waals surface area contributed by atoms with Crippen LogP contribution in [0.5, 0.6) is 0 Å². The van der Waals surface area contributed by atoms with Gasteiger partial charge < -0.3 is 9.88 Å². The van der Waals surface area contributed by atoms with Gasteiger partial charge in [-0.1, -0.05) is 18.6 Å². The molecule has 126 valence electrons. The predicted molar refractivity (Wildman–Crippen MR) is 95.2 cm³/mol. The second kappa shape index (κ2) is 6.81. The van der Waals surface area contributed by atoms with Crippen LogP contribution in [0.2, 0.25) is 0 Å². The van der Waals surface area contributed by atoms with Crippen molar-refractivity contribution in [1.29, 1.82) is 0 Å². The number of piperidine rings is 1. The lowest BCUT2D eigenvalue weighted by Crippen LogP contribution is -2.47. The molecule has 1 amide bonds. The standard InChI is InChI=1S/C20H25N3O/c24-20(21-18-10-14-23-13-2-1-5-19(18)23)15-16-6-8-17(9-7-16)22-11-3-4-12-22/h3-4,6-9,11-12,18-19H,1-2,5,10,13-15H2,(H,21,24)/t18-,19-/m1/s1. The fourth-order valence-corrected chi connectivity index (χ4v) is 4.15. The van der Waals surface area contributed by atoms with Gasteiger partial charge in [0.05, 0.1) is 6.42 Å². The first-order chi connectivity index (χ1) is 11.8. The van der Waals surface area contributed by atoms with Crippen molar-refractivity contribution in [2.75, 3.05) is 13.1 Å². The lowest BCUT2D eigenvalue weighted by molar-refractivity contribution is -0.121. The monoisotopic (exact) mass is 323 g/mol. The lowest BCUT2D eigenvalue weighted by atomic mass is 9.99. The van der Waals surface area contributed by atoms with Gasteiger partial charge in [-0.2, -0.15) is 0 Å². The normalized spacial score (nSPS) is 23.8. The summed E-state index contributed by atoms with van der Waals surface area (Å²) in [5.41, 5.74) is 2.19. The summed E-state index contributed by atoms with van der Waals surface area (Å²) in [5, 5.41) is 3.28. The molecule has 0 unspecified atom stereocenters. The minimum atomic E-state index is 0.154. The van der Waals surface area contributed by atoms with Crippen LogP contribution in [-0.4, -0.2) is 40.5 Å². The number of nitrogens with one attached hydrogen (secondary N) is 1. The average Bonchev–Trinajstić information content (AvgIpc) is 3.26. The summed E-state index contributed by atoms with van der Waals surface area (Å²) in [6.07, 6.45) is 9.46.